The van der Waals surface area contributed by atoms with Crippen molar-refractivity contribution in [3.63, 3.8) is 0 Å². The summed E-state index contributed by atoms with van der Waals surface area (Å²) >= 11 is 0. The van der Waals surface area contributed by atoms with Gasteiger partial charge in [-0.1, -0.05) is 49.3 Å². The van der Waals surface area contributed by atoms with Crippen LogP contribution in [0.2, 0.25) is 0 Å². The van der Waals surface area contributed by atoms with Crippen molar-refractivity contribution in [2.75, 3.05) is 6.61 Å². The fourth-order valence-corrected chi connectivity index (χ4v) is 4.96. The van der Waals surface area contributed by atoms with Crippen LogP contribution in [0.4, 0.5) is 0 Å². The molecule has 0 heterocycles. The summed E-state index contributed by atoms with van der Waals surface area (Å²) in [6.07, 6.45) is 10.6. The first-order valence-electron chi connectivity index (χ1n) is 8.62. The first kappa shape index (κ1) is 18.0. The van der Waals surface area contributed by atoms with E-state index in [2.05, 4.69) is 19.6 Å². The van der Waals surface area contributed by atoms with Crippen LogP contribution in [0, 0.1) is 22.7 Å². The normalized spacial score (nSPS) is 38.6. The highest BCUT2D eigenvalue weighted by molar-refractivity contribution is 5.75. The lowest BCUT2D eigenvalue weighted by atomic mass is 9.47. The number of aliphatic hydroxyl groups is 1. The zero-order valence-corrected chi connectivity index (χ0v) is 14.6. The molecule has 3 heteroatoms. The molecule has 2 saturated carbocycles. The topological polar surface area (TPSA) is 57.5 Å². The zero-order valence-electron chi connectivity index (χ0n) is 14.6. The molecule has 23 heavy (non-hydrogen) atoms. The van der Waals surface area contributed by atoms with Crippen LogP contribution in [-0.2, 0) is 4.79 Å². The summed E-state index contributed by atoms with van der Waals surface area (Å²) in [5, 5.41) is 18.8. The number of carboxylic acids is 1. The van der Waals surface area contributed by atoms with Crippen LogP contribution in [0.1, 0.15) is 52.9 Å². The van der Waals surface area contributed by atoms with Gasteiger partial charge in [-0.05, 0) is 50.9 Å². The first-order valence-corrected chi connectivity index (χ1v) is 8.62. The molecule has 0 amide bonds. The van der Waals surface area contributed by atoms with E-state index in [1.807, 2.05) is 19.9 Å². The summed E-state index contributed by atoms with van der Waals surface area (Å²) in [4.78, 5) is 11.9. The summed E-state index contributed by atoms with van der Waals surface area (Å²) in [6.45, 7) is 10.5. The third kappa shape index (κ3) is 3.16. The molecular formula is C20H30O3. The second-order valence-electron chi connectivity index (χ2n) is 7.80. The molecule has 3 nitrogen and oxygen atoms in total. The van der Waals surface area contributed by atoms with Gasteiger partial charge in [0, 0.05) is 5.92 Å². The van der Waals surface area contributed by atoms with E-state index in [0.717, 1.165) is 37.7 Å². The number of carboxylic acid groups (broad SMARTS) is 1. The van der Waals surface area contributed by atoms with Crippen LogP contribution < -0.4 is 0 Å². The minimum absolute atomic E-state index is 0.0404. The van der Waals surface area contributed by atoms with Crippen LogP contribution in [-0.4, -0.2) is 22.8 Å². The quantitative estimate of drug-likeness (QED) is 0.598. The average molecular weight is 318 g/mol. The van der Waals surface area contributed by atoms with Gasteiger partial charge in [0.1, 0.15) is 0 Å². The largest absolute Gasteiger partial charge is 0.481 e. The molecule has 0 bridgehead atoms. The number of carbonyl (C=O) groups is 1. The maximum Gasteiger partial charge on any atom is 0.309 e. The smallest absolute Gasteiger partial charge is 0.309 e. The average Bonchev–Trinajstić information content (AvgIpc) is 2.46. The molecule has 2 aliphatic rings. The summed E-state index contributed by atoms with van der Waals surface area (Å²) in [5.74, 6) is -0.259. The lowest BCUT2D eigenvalue weighted by Crippen LogP contribution is -2.53. The maximum absolute atomic E-state index is 11.9. The maximum atomic E-state index is 11.9. The van der Waals surface area contributed by atoms with Crippen molar-refractivity contribution in [1.29, 1.82) is 0 Å². The highest BCUT2D eigenvalue weighted by Crippen LogP contribution is 2.61. The van der Waals surface area contributed by atoms with E-state index in [-0.39, 0.29) is 23.9 Å². The number of fused-ring (bicyclic) bond motifs is 1. The molecule has 2 rings (SSSR count). The standard InChI is InChI=1S/C20H30O3/c1-14(10-13-21)6-8-16-15(2)7-9-17-19(16,3)11-5-12-20(17,4)18(22)23/h6,8,10,16-17,21H,2,5,7,9,11-13H2,1,3-4H3,(H,22,23)/b8-6+,14-10+/t16-,17+,19-,20+/m1/s1. The molecule has 0 aromatic rings. The van der Waals surface area contributed by atoms with Crippen molar-refractivity contribution in [3.8, 4) is 0 Å². The van der Waals surface area contributed by atoms with Crippen LogP contribution >= 0.6 is 0 Å². The molecule has 0 aromatic heterocycles. The summed E-state index contributed by atoms with van der Waals surface area (Å²) in [7, 11) is 0. The van der Waals surface area contributed by atoms with Crippen LogP contribution in [0.3, 0.4) is 0 Å². The van der Waals surface area contributed by atoms with E-state index < -0.39 is 11.4 Å². The second kappa shape index (κ2) is 6.64. The summed E-state index contributed by atoms with van der Waals surface area (Å²) in [5.41, 5.74) is 1.57. The van der Waals surface area contributed by atoms with Gasteiger partial charge >= 0.3 is 5.97 Å². The highest BCUT2D eigenvalue weighted by atomic mass is 16.4. The Labute approximate surface area is 139 Å². The first-order chi connectivity index (χ1) is 10.8. The molecule has 0 aromatic carbocycles. The summed E-state index contributed by atoms with van der Waals surface area (Å²) < 4.78 is 0. The van der Waals surface area contributed by atoms with Crippen LogP contribution in [0.5, 0.6) is 0 Å². The minimum Gasteiger partial charge on any atom is -0.481 e. The monoisotopic (exact) mass is 318 g/mol. The van der Waals surface area contributed by atoms with Crippen molar-refractivity contribution in [2.45, 2.75) is 52.9 Å². The van der Waals surface area contributed by atoms with Gasteiger partial charge in [0.05, 0.1) is 12.0 Å². The molecule has 128 valence electrons. The SMILES string of the molecule is C=C1CC[C@H]2[C@](C)(CCC[C@]2(C)C(=O)O)[C@@H]1/C=C/C(C)=C/CO. The van der Waals surface area contributed by atoms with Crippen molar-refractivity contribution in [3.05, 3.63) is 36.0 Å². The van der Waals surface area contributed by atoms with Crippen LogP contribution in [0.25, 0.3) is 0 Å². The third-order valence-corrected chi connectivity index (χ3v) is 6.33. The molecule has 0 saturated heterocycles. The Balaban J connectivity index is 2.37. The van der Waals surface area contributed by atoms with E-state index in [4.69, 9.17) is 5.11 Å². The predicted molar refractivity (Wildman–Crippen MR) is 93.0 cm³/mol. The zero-order chi connectivity index (χ0) is 17.3. The second-order valence-corrected chi connectivity index (χ2v) is 7.80. The number of aliphatic carboxylic acids is 1. The van der Waals surface area contributed by atoms with Gasteiger partial charge in [-0.15, -0.1) is 0 Å². The third-order valence-electron chi connectivity index (χ3n) is 6.33. The minimum atomic E-state index is -0.653. The van der Waals surface area contributed by atoms with E-state index in [0.29, 0.717) is 0 Å². The van der Waals surface area contributed by atoms with Crippen molar-refractivity contribution >= 4 is 5.97 Å². The molecule has 2 aliphatic carbocycles. The summed E-state index contributed by atoms with van der Waals surface area (Å²) in [6, 6.07) is 0. The molecule has 0 spiro atoms. The molecule has 0 unspecified atom stereocenters. The predicted octanol–water partition coefficient (Wildman–Crippen LogP) is 4.34. The molecule has 4 atom stereocenters. The lowest BCUT2D eigenvalue weighted by Gasteiger charge is -2.56. The van der Waals surface area contributed by atoms with Gasteiger partial charge in [0.25, 0.3) is 0 Å². The Morgan fingerprint density at radius 1 is 1.39 bits per heavy atom. The van der Waals surface area contributed by atoms with Gasteiger partial charge < -0.3 is 10.2 Å². The fourth-order valence-electron chi connectivity index (χ4n) is 4.96. The van der Waals surface area contributed by atoms with Gasteiger partial charge in [-0.25, -0.2) is 0 Å². The Hall–Kier alpha value is -1.35. The number of hydrogen-bond donors (Lipinski definition) is 2. The van der Waals surface area contributed by atoms with E-state index in [1.165, 1.54) is 5.57 Å². The van der Waals surface area contributed by atoms with Gasteiger partial charge in [0.15, 0.2) is 0 Å². The van der Waals surface area contributed by atoms with Crippen molar-refractivity contribution in [2.24, 2.45) is 22.7 Å². The molecule has 2 fully saturated rings. The van der Waals surface area contributed by atoms with Gasteiger partial charge in [-0.2, -0.15) is 0 Å². The van der Waals surface area contributed by atoms with Crippen molar-refractivity contribution < 1.29 is 15.0 Å². The Kier molecular flexibility index (Phi) is 5.20. The van der Waals surface area contributed by atoms with Crippen molar-refractivity contribution in [1.82, 2.24) is 0 Å². The van der Waals surface area contributed by atoms with E-state index >= 15 is 0 Å². The number of allylic oxidation sites excluding steroid dienone is 4. The fraction of sp³-hybridized carbons (Fsp3) is 0.650. The molecule has 0 radical (unpaired) electrons. The Bertz CT molecular complexity index is 545. The number of aliphatic hydroxyl groups excluding tert-OH is 1. The highest BCUT2D eigenvalue weighted by Gasteiger charge is 2.56. The van der Waals surface area contributed by atoms with E-state index in [1.54, 1.807) is 6.08 Å². The van der Waals surface area contributed by atoms with Gasteiger partial charge in [-0.3, -0.25) is 4.79 Å². The Morgan fingerprint density at radius 3 is 2.70 bits per heavy atom. The molecule has 0 aliphatic heterocycles. The van der Waals surface area contributed by atoms with E-state index in [9.17, 15) is 9.90 Å². The molecular weight excluding hydrogens is 288 g/mol. The number of rotatable bonds is 4. The lowest BCUT2D eigenvalue weighted by molar-refractivity contribution is -0.162. The Morgan fingerprint density at radius 2 is 2.09 bits per heavy atom. The number of hydrogen-bond acceptors (Lipinski definition) is 2. The van der Waals surface area contributed by atoms with Gasteiger partial charge in [0.2, 0.25) is 0 Å². The molecule has 2 N–H and O–H groups in total. The van der Waals surface area contributed by atoms with Crippen LogP contribution in [0.15, 0.2) is 36.0 Å².